The van der Waals surface area contributed by atoms with E-state index in [0.29, 0.717) is 5.78 Å². The lowest BCUT2D eigenvalue weighted by Gasteiger charge is -2.27. The normalized spacial score (nSPS) is 13.4. The van der Waals surface area contributed by atoms with Crippen molar-refractivity contribution >= 4 is 55.4 Å². The molecule has 0 saturated carbocycles. The lowest BCUT2D eigenvalue weighted by atomic mass is 9.83. The second-order valence-electron chi connectivity index (χ2n) is 10.7. The van der Waals surface area contributed by atoms with Gasteiger partial charge in [0.15, 0.2) is 11.8 Å². The smallest absolute Gasteiger partial charge is 0.298 e. The second-order valence-corrected chi connectivity index (χ2v) is 11.8. The minimum Gasteiger partial charge on any atom is -0.433 e. The van der Waals surface area contributed by atoms with E-state index in [9.17, 15) is 0 Å². The van der Waals surface area contributed by atoms with Crippen molar-refractivity contribution in [2.24, 2.45) is 12.5 Å². The summed E-state index contributed by atoms with van der Waals surface area (Å²) in [5, 5.41) is 7.38. The van der Waals surface area contributed by atoms with E-state index in [1.165, 1.54) is 53.7 Å². The van der Waals surface area contributed by atoms with Gasteiger partial charge in [-0.3, -0.25) is 0 Å². The van der Waals surface area contributed by atoms with E-state index in [-0.39, 0.29) is 5.41 Å². The van der Waals surface area contributed by atoms with Crippen molar-refractivity contribution in [1.82, 2.24) is 0 Å². The average Bonchev–Trinajstić information content (AvgIpc) is 3.40. The molecule has 0 fully saturated rings. The largest absolute Gasteiger partial charge is 0.433 e. The molecule has 3 aromatic heterocycles. The van der Waals surface area contributed by atoms with Crippen LogP contribution < -0.4 is 4.57 Å². The van der Waals surface area contributed by atoms with Gasteiger partial charge in [0.2, 0.25) is 5.69 Å². The summed E-state index contributed by atoms with van der Waals surface area (Å²) >= 11 is 1.88. The van der Waals surface area contributed by atoms with Gasteiger partial charge in [-0.2, -0.15) is 0 Å². The summed E-state index contributed by atoms with van der Waals surface area (Å²) in [6.45, 7) is 9.27. The monoisotopic (exact) mass is 464 g/mol. The van der Waals surface area contributed by atoms with Gasteiger partial charge in [-0.15, -0.1) is 0 Å². The van der Waals surface area contributed by atoms with E-state index in [0.717, 1.165) is 22.8 Å². The van der Waals surface area contributed by atoms with Crippen molar-refractivity contribution in [2.75, 3.05) is 0 Å². The molecule has 0 radical (unpaired) electrons. The van der Waals surface area contributed by atoms with E-state index < -0.39 is 0 Å². The third kappa shape index (κ3) is 2.63. The minimum atomic E-state index is 0.164. The molecule has 168 valence electrons. The first-order valence-electron chi connectivity index (χ1n) is 11.8. The van der Waals surface area contributed by atoms with Gasteiger partial charge >= 0.3 is 0 Å². The molecular formula is C30H26NO2S+. The molecule has 0 atom stereocenters. The maximum atomic E-state index is 6.33. The number of aromatic nitrogens is 1. The summed E-state index contributed by atoms with van der Waals surface area (Å²) in [5.74, 6) is 0.600. The van der Waals surface area contributed by atoms with Crippen molar-refractivity contribution in [3.63, 3.8) is 0 Å². The number of pyridine rings is 1. The van der Waals surface area contributed by atoms with Crippen molar-refractivity contribution in [3.8, 4) is 11.3 Å². The van der Waals surface area contributed by atoms with Crippen LogP contribution >= 0.6 is 11.8 Å². The highest BCUT2D eigenvalue weighted by molar-refractivity contribution is 8.00. The number of furan rings is 2. The van der Waals surface area contributed by atoms with E-state index in [2.05, 4.69) is 81.9 Å². The quantitative estimate of drug-likeness (QED) is 0.229. The third-order valence-corrected chi connectivity index (χ3v) is 8.38. The topological polar surface area (TPSA) is 30.2 Å². The first kappa shape index (κ1) is 20.2. The molecule has 3 aromatic carbocycles. The Morgan fingerprint density at radius 1 is 0.941 bits per heavy atom. The summed E-state index contributed by atoms with van der Waals surface area (Å²) < 4.78 is 14.3. The summed E-state index contributed by atoms with van der Waals surface area (Å²) in [6, 6.07) is 15.4. The zero-order chi connectivity index (χ0) is 23.4. The Balaban J connectivity index is 1.70. The number of nitrogens with zero attached hydrogens (tertiary/aromatic N) is 1. The van der Waals surface area contributed by atoms with Crippen molar-refractivity contribution in [3.05, 3.63) is 66.1 Å². The van der Waals surface area contributed by atoms with Crippen LogP contribution in [0.2, 0.25) is 0 Å². The number of hydrogen-bond acceptors (Lipinski definition) is 3. The number of benzene rings is 3. The summed E-state index contributed by atoms with van der Waals surface area (Å²) in [4.78, 5) is 2.56. The van der Waals surface area contributed by atoms with Gasteiger partial charge < -0.3 is 8.83 Å². The van der Waals surface area contributed by atoms with E-state index in [1.54, 1.807) is 6.26 Å². The van der Waals surface area contributed by atoms with Crippen LogP contribution in [-0.4, -0.2) is 0 Å². The number of rotatable bonds is 1. The molecule has 7 rings (SSSR count). The van der Waals surface area contributed by atoms with Gasteiger partial charge in [0, 0.05) is 16.3 Å². The molecule has 0 amide bonds. The molecule has 0 aliphatic carbocycles. The van der Waals surface area contributed by atoms with Gasteiger partial charge in [-0.05, 0) is 58.2 Å². The fraction of sp³-hybridized carbons (Fsp3) is 0.233. The molecule has 0 saturated heterocycles. The molecular weight excluding hydrogens is 438 g/mol. The van der Waals surface area contributed by atoms with E-state index >= 15 is 0 Å². The van der Waals surface area contributed by atoms with Crippen LogP contribution in [0.25, 0.3) is 54.9 Å². The zero-order valence-electron chi connectivity index (χ0n) is 20.1. The molecule has 0 bridgehead atoms. The predicted octanol–water partition coefficient (Wildman–Crippen LogP) is 8.34. The van der Waals surface area contributed by atoms with Crippen LogP contribution in [0.3, 0.4) is 0 Å². The Bertz CT molecular complexity index is 1810. The van der Waals surface area contributed by atoms with Gasteiger partial charge in [0.1, 0.15) is 7.05 Å². The van der Waals surface area contributed by atoms with Crippen LogP contribution in [0.5, 0.6) is 0 Å². The van der Waals surface area contributed by atoms with Gasteiger partial charge in [0.05, 0.1) is 27.5 Å². The second kappa shape index (κ2) is 6.67. The summed E-state index contributed by atoms with van der Waals surface area (Å²) in [6.07, 6.45) is 4.91. The van der Waals surface area contributed by atoms with Crippen LogP contribution in [0.1, 0.15) is 31.9 Å². The van der Waals surface area contributed by atoms with Gasteiger partial charge in [-0.1, -0.05) is 56.8 Å². The molecule has 0 N–H and O–H groups in total. The maximum Gasteiger partial charge on any atom is 0.298 e. The van der Waals surface area contributed by atoms with Crippen LogP contribution in [0.4, 0.5) is 0 Å². The Kier molecular flexibility index (Phi) is 3.95. The van der Waals surface area contributed by atoms with E-state index in [4.69, 9.17) is 8.83 Å². The summed E-state index contributed by atoms with van der Waals surface area (Å²) in [5.41, 5.74) is 6.50. The van der Waals surface area contributed by atoms with Crippen LogP contribution in [-0.2, 0) is 13.5 Å². The molecule has 3 nitrogen and oxygen atoms in total. The van der Waals surface area contributed by atoms with Crippen LogP contribution in [0, 0.1) is 12.3 Å². The highest BCUT2D eigenvalue weighted by Crippen LogP contribution is 2.55. The first-order chi connectivity index (χ1) is 16.3. The summed E-state index contributed by atoms with van der Waals surface area (Å²) in [7, 11) is 2.16. The third-order valence-electron chi connectivity index (χ3n) is 7.13. The fourth-order valence-electron chi connectivity index (χ4n) is 5.70. The molecule has 6 aromatic rings. The molecule has 34 heavy (non-hydrogen) atoms. The number of hydrogen-bond donors (Lipinski definition) is 0. The predicted molar refractivity (Wildman–Crippen MR) is 140 cm³/mol. The fourth-order valence-corrected chi connectivity index (χ4v) is 7.13. The van der Waals surface area contributed by atoms with Crippen molar-refractivity contribution in [2.45, 2.75) is 43.9 Å². The SMILES string of the molecule is Cc1c2c(c(CC(C)(C)C)c3ccccc13)Sc1c3oc4occc4c3cc3cc[n+](C)c-2c13. The maximum absolute atomic E-state index is 6.33. The molecule has 1 aliphatic heterocycles. The molecule has 0 spiro atoms. The number of aryl methyl sites for hydroxylation is 2. The molecule has 4 heteroatoms. The molecule has 1 aliphatic rings. The van der Waals surface area contributed by atoms with Gasteiger partial charge in [0.25, 0.3) is 5.78 Å². The van der Waals surface area contributed by atoms with E-state index in [1.807, 2.05) is 17.8 Å². The lowest BCUT2D eigenvalue weighted by Crippen LogP contribution is -2.32. The lowest BCUT2D eigenvalue weighted by molar-refractivity contribution is -0.659. The average molecular weight is 465 g/mol. The standard InChI is InChI=1S/C30H26NO2S/c1-16-18-8-6-7-9-19(18)22(15-30(2,3)4)27-23(16)25-24-17(10-12-31(25)5)14-21-20-11-13-32-29(20)33-26(21)28(24)34-27/h6-14H,15H2,1-5H3/q+1. The van der Waals surface area contributed by atoms with Gasteiger partial charge in [-0.25, -0.2) is 4.57 Å². The Morgan fingerprint density at radius 2 is 1.74 bits per heavy atom. The molecule has 0 unspecified atom stereocenters. The highest BCUT2D eigenvalue weighted by atomic mass is 32.2. The van der Waals surface area contributed by atoms with Crippen LogP contribution in [0.15, 0.2) is 73.5 Å². The Hall–Kier alpha value is -3.24. The molecule has 4 heterocycles. The zero-order valence-corrected chi connectivity index (χ0v) is 20.9. The van der Waals surface area contributed by atoms with Crippen molar-refractivity contribution in [1.29, 1.82) is 0 Å². The highest BCUT2D eigenvalue weighted by Gasteiger charge is 2.34. The first-order valence-corrected chi connectivity index (χ1v) is 12.6. The van der Waals surface area contributed by atoms with Crippen molar-refractivity contribution < 1.29 is 13.4 Å². The minimum absolute atomic E-state index is 0.164. The Morgan fingerprint density at radius 3 is 2.53 bits per heavy atom. The Labute approximate surface area is 202 Å². The number of fused-ring (bicyclic) bond motifs is 7.